The van der Waals surface area contributed by atoms with E-state index in [0.717, 1.165) is 0 Å². The van der Waals surface area contributed by atoms with Crippen molar-refractivity contribution in [1.29, 1.82) is 0 Å². The van der Waals surface area contributed by atoms with Gasteiger partial charge in [-0.05, 0) is 11.5 Å². The molecule has 0 saturated heterocycles. The Morgan fingerprint density at radius 1 is 1.20 bits per heavy atom. The van der Waals surface area contributed by atoms with Gasteiger partial charge in [0.25, 0.3) is 5.69 Å². The lowest BCUT2D eigenvalue weighted by atomic mass is 9.82. The molecule has 2 N–H and O–H groups in total. The van der Waals surface area contributed by atoms with E-state index in [-0.39, 0.29) is 23.5 Å². The summed E-state index contributed by atoms with van der Waals surface area (Å²) in [5.41, 5.74) is 6.21. The number of nitrogens with zero attached hydrogens (tertiary/aromatic N) is 1. The summed E-state index contributed by atoms with van der Waals surface area (Å²) in [5.74, 6) is 0.752. The molecule has 0 aliphatic rings. The Kier molecular flexibility index (Phi) is 6.25. The minimum absolute atomic E-state index is 0. The Labute approximate surface area is 124 Å². The summed E-state index contributed by atoms with van der Waals surface area (Å²) in [6.45, 7) is 5.79. The average Bonchev–Trinajstić information content (AvgIpc) is 2.34. The molecule has 0 unspecified atom stereocenters. The van der Waals surface area contributed by atoms with Gasteiger partial charge in [-0.1, -0.05) is 20.8 Å². The highest BCUT2D eigenvalue weighted by Gasteiger charge is 2.30. The number of hydrogen-bond acceptors (Lipinski definition) is 5. The van der Waals surface area contributed by atoms with Crippen LogP contribution in [0.15, 0.2) is 12.1 Å². The van der Waals surface area contributed by atoms with Gasteiger partial charge in [0.15, 0.2) is 11.5 Å². The zero-order valence-electron chi connectivity index (χ0n) is 12.3. The van der Waals surface area contributed by atoms with Crippen LogP contribution in [0.1, 0.15) is 32.4 Å². The van der Waals surface area contributed by atoms with Crippen molar-refractivity contribution in [3.8, 4) is 11.5 Å². The summed E-state index contributed by atoms with van der Waals surface area (Å²) < 4.78 is 10.2. The number of nitro benzene ring substituents is 1. The molecule has 20 heavy (non-hydrogen) atoms. The number of methoxy groups -OCH3 is 2. The highest BCUT2D eigenvalue weighted by molar-refractivity contribution is 5.85. The largest absolute Gasteiger partial charge is 0.493 e. The van der Waals surface area contributed by atoms with Crippen molar-refractivity contribution in [2.75, 3.05) is 14.2 Å². The highest BCUT2D eigenvalue weighted by atomic mass is 35.5. The Hall–Kier alpha value is -1.53. The molecule has 0 bridgehead atoms. The number of nitro groups is 1. The molecule has 1 atom stereocenters. The molecule has 1 aromatic rings. The number of nitrogens with two attached hydrogens (primary N) is 1. The van der Waals surface area contributed by atoms with E-state index in [0.29, 0.717) is 17.1 Å². The van der Waals surface area contributed by atoms with E-state index in [4.69, 9.17) is 15.2 Å². The number of ether oxygens (including phenoxy) is 2. The molecule has 1 aromatic carbocycles. The molecule has 114 valence electrons. The summed E-state index contributed by atoms with van der Waals surface area (Å²) in [4.78, 5) is 10.7. The molecule has 0 aromatic heterocycles. The molecule has 0 aliphatic heterocycles. The molecule has 0 radical (unpaired) electrons. The minimum atomic E-state index is -0.479. The molecule has 0 amide bonds. The fourth-order valence-electron chi connectivity index (χ4n) is 1.76. The maximum atomic E-state index is 11.2. The molecule has 0 aliphatic carbocycles. The normalized spacial score (nSPS) is 12.3. The first-order valence-electron chi connectivity index (χ1n) is 5.88. The van der Waals surface area contributed by atoms with Crippen molar-refractivity contribution < 1.29 is 14.4 Å². The van der Waals surface area contributed by atoms with Gasteiger partial charge in [0.2, 0.25) is 0 Å². The highest BCUT2D eigenvalue weighted by Crippen LogP contribution is 2.41. The van der Waals surface area contributed by atoms with Crippen LogP contribution in [0.2, 0.25) is 0 Å². The van der Waals surface area contributed by atoms with Gasteiger partial charge in [-0.25, -0.2) is 0 Å². The van der Waals surface area contributed by atoms with Crippen molar-refractivity contribution in [3.05, 3.63) is 27.8 Å². The minimum Gasteiger partial charge on any atom is -0.493 e. The van der Waals surface area contributed by atoms with Crippen LogP contribution < -0.4 is 15.2 Å². The first-order chi connectivity index (χ1) is 8.72. The maximum Gasteiger partial charge on any atom is 0.278 e. The van der Waals surface area contributed by atoms with Gasteiger partial charge in [0.1, 0.15) is 0 Å². The third-order valence-corrected chi connectivity index (χ3v) is 3.00. The van der Waals surface area contributed by atoms with Crippen molar-refractivity contribution in [2.45, 2.75) is 26.8 Å². The van der Waals surface area contributed by atoms with Crippen LogP contribution in [-0.2, 0) is 0 Å². The first-order valence-corrected chi connectivity index (χ1v) is 5.88. The second-order valence-electron chi connectivity index (χ2n) is 5.37. The van der Waals surface area contributed by atoms with E-state index < -0.39 is 11.0 Å². The predicted molar refractivity (Wildman–Crippen MR) is 79.8 cm³/mol. The first kappa shape index (κ1) is 18.5. The lowest BCUT2D eigenvalue weighted by molar-refractivity contribution is -0.386. The van der Waals surface area contributed by atoms with Crippen molar-refractivity contribution in [1.82, 2.24) is 0 Å². The van der Waals surface area contributed by atoms with Crippen molar-refractivity contribution >= 4 is 18.1 Å². The van der Waals surface area contributed by atoms with Crippen LogP contribution >= 0.6 is 12.4 Å². The van der Waals surface area contributed by atoms with Crippen LogP contribution in [0.5, 0.6) is 11.5 Å². The number of hydrogen-bond donors (Lipinski definition) is 1. The molecule has 0 heterocycles. The summed E-state index contributed by atoms with van der Waals surface area (Å²) in [6, 6.07) is 2.44. The Bertz CT molecular complexity index is 486. The molecular formula is C13H21ClN2O4. The summed E-state index contributed by atoms with van der Waals surface area (Å²) in [7, 11) is 2.92. The predicted octanol–water partition coefficient (Wildman–Crippen LogP) is 3.08. The SMILES string of the molecule is COc1cc([C@@H](N)C(C)(C)C)c([N+](=O)[O-])cc1OC.Cl. The van der Waals surface area contributed by atoms with E-state index >= 15 is 0 Å². The van der Waals surface area contributed by atoms with E-state index in [1.807, 2.05) is 20.8 Å². The van der Waals surface area contributed by atoms with Crippen LogP contribution in [0.25, 0.3) is 0 Å². The number of benzene rings is 1. The lowest BCUT2D eigenvalue weighted by Gasteiger charge is -2.27. The van der Waals surface area contributed by atoms with E-state index in [1.165, 1.54) is 20.3 Å². The average molecular weight is 305 g/mol. The Balaban J connectivity index is 0.00000361. The van der Waals surface area contributed by atoms with Gasteiger partial charge in [-0.3, -0.25) is 10.1 Å². The zero-order chi connectivity index (χ0) is 14.8. The summed E-state index contributed by atoms with van der Waals surface area (Å²) in [5, 5.41) is 11.2. The maximum absolute atomic E-state index is 11.2. The third kappa shape index (κ3) is 3.74. The second kappa shape index (κ2) is 6.76. The smallest absolute Gasteiger partial charge is 0.278 e. The van der Waals surface area contributed by atoms with E-state index in [2.05, 4.69) is 0 Å². The molecule has 0 fully saturated rings. The second-order valence-corrected chi connectivity index (χ2v) is 5.37. The number of rotatable bonds is 4. The zero-order valence-corrected chi connectivity index (χ0v) is 13.1. The molecule has 1 rings (SSSR count). The molecule has 6 nitrogen and oxygen atoms in total. The van der Waals surface area contributed by atoms with Gasteiger partial charge in [0.05, 0.1) is 30.8 Å². The molecule has 0 saturated carbocycles. The molecule has 7 heteroatoms. The van der Waals surface area contributed by atoms with Crippen molar-refractivity contribution in [2.24, 2.45) is 11.1 Å². The van der Waals surface area contributed by atoms with E-state index in [1.54, 1.807) is 6.07 Å². The van der Waals surface area contributed by atoms with Crippen LogP contribution in [-0.4, -0.2) is 19.1 Å². The van der Waals surface area contributed by atoms with Gasteiger partial charge in [0, 0.05) is 6.04 Å². The standard InChI is InChI=1S/C13H20N2O4.ClH/c1-13(2,3)12(14)8-6-10(18-4)11(19-5)7-9(8)15(16)17;/h6-7,12H,14H2,1-5H3;1H/t12-;/m1./s1. The van der Waals surface area contributed by atoms with E-state index in [9.17, 15) is 10.1 Å². The van der Waals surface area contributed by atoms with Crippen molar-refractivity contribution in [3.63, 3.8) is 0 Å². The fraction of sp³-hybridized carbons (Fsp3) is 0.538. The van der Waals surface area contributed by atoms with Crippen LogP contribution in [0, 0.1) is 15.5 Å². The molecular weight excluding hydrogens is 284 g/mol. The Morgan fingerprint density at radius 2 is 1.65 bits per heavy atom. The lowest BCUT2D eigenvalue weighted by Crippen LogP contribution is -2.27. The Morgan fingerprint density at radius 3 is 2.00 bits per heavy atom. The quantitative estimate of drug-likeness (QED) is 0.682. The monoisotopic (exact) mass is 304 g/mol. The third-order valence-electron chi connectivity index (χ3n) is 3.00. The molecule has 0 spiro atoms. The summed E-state index contributed by atoms with van der Waals surface area (Å²) >= 11 is 0. The van der Waals surface area contributed by atoms with Gasteiger partial charge < -0.3 is 15.2 Å². The topological polar surface area (TPSA) is 87.6 Å². The number of halogens is 1. The fourth-order valence-corrected chi connectivity index (χ4v) is 1.76. The van der Waals surface area contributed by atoms with Crippen LogP contribution in [0.4, 0.5) is 5.69 Å². The van der Waals surface area contributed by atoms with Gasteiger partial charge in [-0.15, -0.1) is 12.4 Å². The van der Waals surface area contributed by atoms with Gasteiger partial charge >= 0.3 is 0 Å². The van der Waals surface area contributed by atoms with Crippen LogP contribution in [0.3, 0.4) is 0 Å². The van der Waals surface area contributed by atoms with Gasteiger partial charge in [-0.2, -0.15) is 0 Å². The summed E-state index contributed by atoms with van der Waals surface area (Å²) in [6.07, 6.45) is 0.